The summed E-state index contributed by atoms with van der Waals surface area (Å²) in [5.41, 5.74) is 3.05. The van der Waals surface area contributed by atoms with Crippen LogP contribution in [-0.2, 0) is 4.79 Å². The SMILES string of the molecule is Cc1cccc(C#CC(=O)NC2CCN(c3nc(C)cs3)C2)c1. The molecular weight excluding hydrogens is 306 g/mol. The van der Waals surface area contributed by atoms with Crippen LogP contribution in [0.4, 0.5) is 5.13 Å². The largest absolute Gasteiger partial charge is 0.346 e. The summed E-state index contributed by atoms with van der Waals surface area (Å²) >= 11 is 1.65. The van der Waals surface area contributed by atoms with E-state index >= 15 is 0 Å². The second-order valence-electron chi connectivity index (χ2n) is 5.80. The highest BCUT2D eigenvalue weighted by Gasteiger charge is 2.25. The molecule has 1 amide bonds. The van der Waals surface area contributed by atoms with Crippen molar-refractivity contribution >= 4 is 22.4 Å². The molecule has 1 aliphatic rings. The second-order valence-corrected chi connectivity index (χ2v) is 6.63. The second kappa shape index (κ2) is 6.84. The van der Waals surface area contributed by atoms with Gasteiger partial charge in [-0.3, -0.25) is 4.79 Å². The number of nitrogens with one attached hydrogen (secondary N) is 1. The first-order valence-corrected chi connectivity index (χ1v) is 8.54. The summed E-state index contributed by atoms with van der Waals surface area (Å²) in [7, 11) is 0. The molecule has 0 spiro atoms. The van der Waals surface area contributed by atoms with Crippen LogP contribution >= 0.6 is 11.3 Å². The summed E-state index contributed by atoms with van der Waals surface area (Å²) in [6.45, 7) is 5.73. The van der Waals surface area contributed by atoms with E-state index in [4.69, 9.17) is 0 Å². The summed E-state index contributed by atoms with van der Waals surface area (Å²) < 4.78 is 0. The van der Waals surface area contributed by atoms with E-state index in [1.807, 2.05) is 38.1 Å². The van der Waals surface area contributed by atoms with Gasteiger partial charge in [-0.1, -0.05) is 18.1 Å². The molecule has 1 atom stereocenters. The van der Waals surface area contributed by atoms with Crippen LogP contribution in [0.5, 0.6) is 0 Å². The van der Waals surface area contributed by atoms with Gasteiger partial charge in [-0.25, -0.2) is 4.98 Å². The molecule has 1 aliphatic heterocycles. The zero-order chi connectivity index (χ0) is 16.2. The average molecular weight is 325 g/mol. The average Bonchev–Trinajstić information content (AvgIpc) is 3.14. The lowest BCUT2D eigenvalue weighted by molar-refractivity contribution is -0.116. The van der Waals surface area contributed by atoms with Crippen LogP contribution in [0.1, 0.15) is 23.2 Å². The third kappa shape index (κ3) is 4.11. The number of carbonyl (C=O) groups is 1. The lowest BCUT2D eigenvalue weighted by Gasteiger charge is -2.14. The molecule has 118 valence electrons. The van der Waals surface area contributed by atoms with Crippen molar-refractivity contribution in [1.29, 1.82) is 0 Å². The Bertz CT molecular complexity index is 772. The Morgan fingerprint density at radius 2 is 2.30 bits per heavy atom. The van der Waals surface area contributed by atoms with Crippen molar-refractivity contribution in [3.63, 3.8) is 0 Å². The van der Waals surface area contributed by atoms with E-state index in [0.29, 0.717) is 0 Å². The van der Waals surface area contributed by atoms with Crippen LogP contribution in [0.25, 0.3) is 0 Å². The van der Waals surface area contributed by atoms with Crippen molar-refractivity contribution in [3.05, 3.63) is 46.5 Å². The number of rotatable bonds is 2. The van der Waals surface area contributed by atoms with Crippen molar-refractivity contribution in [1.82, 2.24) is 10.3 Å². The third-order valence-electron chi connectivity index (χ3n) is 3.74. The minimum Gasteiger partial charge on any atom is -0.346 e. The molecule has 1 fully saturated rings. The van der Waals surface area contributed by atoms with E-state index in [0.717, 1.165) is 41.5 Å². The highest BCUT2D eigenvalue weighted by molar-refractivity contribution is 7.13. The van der Waals surface area contributed by atoms with E-state index in [1.54, 1.807) is 11.3 Å². The summed E-state index contributed by atoms with van der Waals surface area (Å²) in [4.78, 5) is 18.7. The Morgan fingerprint density at radius 1 is 1.43 bits per heavy atom. The molecule has 2 heterocycles. The van der Waals surface area contributed by atoms with Crippen LogP contribution in [0.3, 0.4) is 0 Å². The first-order chi connectivity index (χ1) is 11.1. The molecule has 0 saturated carbocycles. The molecular formula is C18H19N3OS. The molecule has 3 rings (SSSR count). The zero-order valence-electron chi connectivity index (χ0n) is 13.3. The smallest absolute Gasteiger partial charge is 0.296 e. The Labute approximate surface area is 140 Å². The van der Waals surface area contributed by atoms with Gasteiger partial charge in [0.2, 0.25) is 0 Å². The lowest BCUT2D eigenvalue weighted by Crippen LogP contribution is -2.36. The number of hydrogen-bond acceptors (Lipinski definition) is 4. The van der Waals surface area contributed by atoms with Gasteiger partial charge in [0.05, 0.1) is 5.69 Å². The first kappa shape index (κ1) is 15.6. The van der Waals surface area contributed by atoms with Crippen molar-refractivity contribution in [3.8, 4) is 11.8 Å². The van der Waals surface area contributed by atoms with E-state index in [9.17, 15) is 4.79 Å². The molecule has 1 N–H and O–H groups in total. The topological polar surface area (TPSA) is 45.2 Å². The molecule has 1 saturated heterocycles. The Kier molecular flexibility index (Phi) is 4.63. The summed E-state index contributed by atoms with van der Waals surface area (Å²) in [5, 5.41) is 6.08. The monoisotopic (exact) mass is 325 g/mol. The maximum atomic E-state index is 12.0. The zero-order valence-corrected chi connectivity index (χ0v) is 14.1. The fourth-order valence-electron chi connectivity index (χ4n) is 2.61. The van der Waals surface area contributed by atoms with Crippen LogP contribution in [0, 0.1) is 25.7 Å². The van der Waals surface area contributed by atoms with Gasteiger partial charge in [-0.2, -0.15) is 0 Å². The minimum atomic E-state index is -0.214. The standard InChI is InChI=1S/C18H19N3OS/c1-13-4-3-5-15(10-13)6-7-17(22)20-16-8-9-21(11-16)18-19-14(2)12-23-18/h3-5,10,12,16H,8-9,11H2,1-2H3,(H,20,22). The summed E-state index contributed by atoms with van der Waals surface area (Å²) in [5.74, 6) is 5.39. The highest BCUT2D eigenvalue weighted by Crippen LogP contribution is 2.24. The van der Waals surface area contributed by atoms with E-state index in [1.165, 1.54) is 0 Å². The number of aryl methyl sites for hydroxylation is 2. The van der Waals surface area contributed by atoms with E-state index in [-0.39, 0.29) is 11.9 Å². The highest BCUT2D eigenvalue weighted by atomic mass is 32.1. The molecule has 0 bridgehead atoms. The van der Waals surface area contributed by atoms with Gasteiger partial charge in [0, 0.05) is 36.0 Å². The van der Waals surface area contributed by atoms with Crippen LogP contribution in [0.15, 0.2) is 29.6 Å². The summed E-state index contributed by atoms with van der Waals surface area (Å²) in [6, 6.07) is 7.98. The summed E-state index contributed by atoms with van der Waals surface area (Å²) in [6.07, 6.45) is 0.927. The molecule has 5 heteroatoms. The fourth-order valence-corrected chi connectivity index (χ4v) is 3.45. The molecule has 0 radical (unpaired) electrons. The Hall–Kier alpha value is -2.32. The van der Waals surface area contributed by atoms with Crippen molar-refractivity contribution in [2.75, 3.05) is 18.0 Å². The predicted molar refractivity (Wildman–Crippen MR) is 93.7 cm³/mol. The predicted octanol–water partition coefficient (Wildman–Crippen LogP) is 2.51. The number of anilines is 1. The number of aromatic nitrogens is 1. The van der Waals surface area contributed by atoms with Gasteiger partial charge >= 0.3 is 0 Å². The van der Waals surface area contributed by atoms with Gasteiger partial charge in [0.15, 0.2) is 5.13 Å². The number of carbonyl (C=O) groups excluding carboxylic acids is 1. The maximum Gasteiger partial charge on any atom is 0.296 e. The molecule has 1 aromatic carbocycles. The third-order valence-corrected chi connectivity index (χ3v) is 4.76. The van der Waals surface area contributed by atoms with Gasteiger partial charge in [-0.15, -0.1) is 11.3 Å². The molecule has 4 nitrogen and oxygen atoms in total. The van der Waals surface area contributed by atoms with Crippen molar-refractivity contribution in [2.45, 2.75) is 26.3 Å². The minimum absolute atomic E-state index is 0.138. The van der Waals surface area contributed by atoms with Gasteiger partial charge in [-0.05, 0) is 38.0 Å². The van der Waals surface area contributed by atoms with Gasteiger partial charge in [0.25, 0.3) is 5.91 Å². The number of thiazole rings is 1. The van der Waals surface area contributed by atoms with Crippen LogP contribution in [-0.4, -0.2) is 30.0 Å². The van der Waals surface area contributed by atoms with Crippen LogP contribution < -0.4 is 10.2 Å². The molecule has 1 unspecified atom stereocenters. The molecule has 23 heavy (non-hydrogen) atoms. The number of nitrogens with zero attached hydrogens (tertiary/aromatic N) is 2. The molecule has 1 aromatic heterocycles. The first-order valence-electron chi connectivity index (χ1n) is 7.66. The van der Waals surface area contributed by atoms with Gasteiger partial charge < -0.3 is 10.2 Å². The normalized spacial score (nSPS) is 16.8. The van der Waals surface area contributed by atoms with Crippen molar-refractivity contribution < 1.29 is 4.79 Å². The van der Waals surface area contributed by atoms with Gasteiger partial charge in [0.1, 0.15) is 0 Å². The van der Waals surface area contributed by atoms with E-state index < -0.39 is 0 Å². The van der Waals surface area contributed by atoms with Crippen molar-refractivity contribution in [2.24, 2.45) is 0 Å². The number of hydrogen-bond donors (Lipinski definition) is 1. The van der Waals surface area contributed by atoms with Crippen LogP contribution in [0.2, 0.25) is 0 Å². The molecule has 2 aromatic rings. The number of benzene rings is 1. The maximum absolute atomic E-state index is 12.0. The quantitative estimate of drug-likeness (QED) is 0.863. The van der Waals surface area contributed by atoms with E-state index in [2.05, 4.69) is 32.4 Å². The lowest BCUT2D eigenvalue weighted by atomic mass is 10.1. The molecule has 0 aliphatic carbocycles. The Morgan fingerprint density at radius 3 is 3.04 bits per heavy atom. The number of amides is 1. The Balaban J connectivity index is 1.55. The fraction of sp³-hybridized carbons (Fsp3) is 0.333.